The second kappa shape index (κ2) is 27.4. The number of aliphatic hydroxyl groups excluding tert-OH is 1. The van der Waals surface area contributed by atoms with Gasteiger partial charge in [-0.3, -0.25) is 9.52 Å². The molecule has 7 rings (SSSR count). The Labute approximate surface area is 466 Å². The highest BCUT2D eigenvalue weighted by molar-refractivity contribution is 7.92. The van der Waals surface area contributed by atoms with Crippen LogP contribution in [-0.2, 0) is 37.7 Å². The number of aliphatic hydroxyl groups is 1. The first-order chi connectivity index (χ1) is 37.5. The normalized spacial score (nSPS) is 16.0. The van der Waals surface area contributed by atoms with E-state index < -0.39 is 31.6 Å². The van der Waals surface area contributed by atoms with Gasteiger partial charge in [-0.25, -0.2) is 8.42 Å². The summed E-state index contributed by atoms with van der Waals surface area (Å²) in [7, 11) is -8.57. The Morgan fingerprint density at radius 2 is 1.06 bits per heavy atom. The van der Waals surface area contributed by atoms with Gasteiger partial charge in [-0.2, -0.15) is 12.8 Å². The van der Waals surface area contributed by atoms with Crippen LogP contribution in [0.5, 0.6) is 0 Å². The van der Waals surface area contributed by atoms with Crippen LogP contribution in [0.25, 0.3) is 5.57 Å². The van der Waals surface area contributed by atoms with Gasteiger partial charge in [-0.15, -0.1) is 0 Å². The minimum absolute atomic E-state index is 0.00225. The maximum atomic E-state index is 15.0. The number of carbonyl (C=O) groups excluding carboxylic acids is 1. The number of hydrogen-bond donors (Lipinski definition) is 2. The number of carbonyl (C=O) groups is 1. The number of unbranched alkanes of at least 4 members (excludes halogenated alkanes) is 4. The number of benzene rings is 5. The summed E-state index contributed by atoms with van der Waals surface area (Å²) in [4.78, 5) is 19.5. The van der Waals surface area contributed by atoms with Crippen molar-refractivity contribution in [3.05, 3.63) is 184 Å². The number of ketones is 1. The third-order valence-electron chi connectivity index (χ3n) is 15.3. The Kier molecular flexibility index (Phi) is 20.8. The van der Waals surface area contributed by atoms with Crippen LogP contribution in [0, 0.1) is 25.7 Å². The van der Waals surface area contributed by atoms with Crippen LogP contribution in [0.15, 0.2) is 170 Å². The lowest BCUT2D eigenvalue weighted by Crippen LogP contribution is -2.34. The molecule has 2 unspecified atom stereocenters. The van der Waals surface area contributed by atoms with Crippen molar-refractivity contribution in [2.24, 2.45) is 16.2 Å². The van der Waals surface area contributed by atoms with Crippen molar-refractivity contribution >= 4 is 59.9 Å². The van der Waals surface area contributed by atoms with Crippen molar-refractivity contribution in [3.8, 4) is 0 Å². The zero-order valence-corrected chi connectivity index (χ0v) is 48.9. The number of allylic oxidation sites excluding steroid dienone is 6. The lowest BCUT2D eigenvalue weighted by Gasteiger charge is -2.34. The van der Waals surface area contributed by atoms with Crippen LogP contribution in [0.1, 0.15) is 146 Å². The minimum Gasteiger partial charge on any atom is -0.506 e. The van der Waals surface area contributed by atoms with E-state index in [2.05, 4.69) is 109 Å². The third kappa shape index (κ3) is 14.6. The molecule has 0 aromatic heterocycles. The zero-order chi connectivity index (χ0) is 56.0. The maximum absolute atomic E-state index is 15.0. The van der Waals surface area contributed by atoms with Gasteiger partial charge >= 0.3 is 0 Å². The van der Waals surface area contributed by atoms with Crippen molar-refractivity contribution in [2.75, 3.05) is 22.7 Å². The Morgan fingerprint density at radius 3 is 1.54 bits per heavy atom. The predicted molar refractivity (Wildman–Crippen MR) is 323 cm³/mol. The molecule has 10 nitrogen and oxygen atoms in total. The van der Waals surface area contributed by atoms with Gasteiger partial charge in [0.25, 0.3) is 20.0 Å². The number of Topliss-reactive ketones (excluding diaryl/α,β-unsaturated/α-hetero) is 1. The molecule has 0 saturated carbocycles. The Bertz CT molecular complexity index is 3180. The summed E-state index contributed by atoms with van der Waals surface area (Å²) in [5, 5.41) is 12.4. The van der Waals surface area contributed by atoms with E-state index in [1.54, 1.807) is 48.6 Å². The molecule has 0 aliphatic heterocycles. The predicted octanol–water partition coefficient (Wildman–Crippen LogP) is 16.4. The Balaban J connectivity index is 1.40. The van der Waals surface area contributed by atoms with Crippen LogP contribution in [0.3, 0.4) is 0 Å². The van der Waals surface area contributed by atoms with Crippen molar-refractivity contribution < 1.29 is 26.7 Å². The lowest BCUT2D eigenvalue weighted by atomic mass is 9.78. The zero-order valence-electron chi connectivity index (χ0n) is 47.3. The molecule has 2 N–H and O–H groups in total. The van der Waals surface area contributed by atoms with Crippen LogP contribution in [-0.4, -0.2) is 51.4 Å². The topological polar surface area (TPSA) is 136 Å². The van der Waals surface area contributed by atoms with Crippen LogP contribution < -0.4 is 9.62 Å². The molecular weight excluding hydrogens is 1010 g/mol. The number of sulfonamides is 2. The summed E-state index contributed by atoms with van der Waals surface area (Å²) >= 11 is 0. The summed E-state index contributed by atoms with van der Waals surface area (Å²) in [5.41, 5.74) is 7.53. The first-order valence-corrected chi connectivity index (χ1v) is 31.5. The van der Waals surface area contributed by atoms with Gasteiger partial charge in [-0.1, -0.05) is 153 Å². The van der Waals surface area contributed by atoms with Crippen LogP contribution >= 0.6 is 0 Å². The number of hydrogen-bond acceptors (Lipinski definition) is 8. The fourth-order valence-corrected chi connectivity index (χ4v) is 12.3. The van der Waals surface area contributed by atoms with E-state index in [-0.39, 0.29) is 43.5 Å². The molecule has 0 bridgehead atoms. The van der Waals surface area contributed by atoms with Gasteiger partial charge in [0.1, 0.15) is 5.76 Å². The molecule has 0 saturated heterocycles. The second-order valence-electron chi connectivity index (χ2n) is 21.3. The molecule has 2 aliphatic rings. The van der Waals surface area contributed by atoms with Crippen molar-refractivity contribution in [1.82, 2.24) is 4.90 Å². The first-order valence-electron chi connectivity index (χ1n) is 28.6. The van der Waals surface area contributed by atoms with Crippen molar-refractivity contribution in [2.45, 2.75) is 155 Å². The highest BCUT2D eigenvalue weighted by Crippen LogP contribution is 2.45. The van der Waals surface area contributed by atoms with Crippen molar-refractivity contribution in [1.29, 1.82) is 0 Å². The van der Waals surface area contributed by atoms with Gasteiger partial charge in [0.2, 0.25) is 5.78 Å². The van der Waals surface area contributed by atoms with Crippen molar-refractivity contribution in [3.63, 3.8) is 0 Å². The average Bonchev–Trinajstić information content (AvgIpc) is 3.64. The number of nitrogens with one attached hydrogen (secondary N) is 1. The molecule has 0 spiro atoms. The van der Waals surface area contributed by atoms with E-state index >= 15 is 4.79 Å². The van der Waals surface area contributed by atoms with E-state index in [1.165, 1.54) is 35.4 Å². The molecule has 0 radical (unpaired) electrons. The molecule has 12 heteroatoms. The molecule has 5 aromatic rings. The quantitative estimate of drug-likeness (QED) is 0.0473. The number of rotatable bonds is 28. The molecular formula is C66H82N4O6S2. The SMILES string of the molecule is CCCCc1ccc(N(c2ccc(CCCC)cc2)c2ccc(C3=C(O)/C(=C4/C=CC(N(CC(CC)CCCC)CC(CC)CCCC)=C/C4=N\S(=O)(=O)c4ccc(C)cc4)C3=O)c(NS(=O)(=O)c3ccc(C)cc3)c2)cc1. The maximum Gasteiger partial charge on any atom is 0.282 e. The Hall–Kier alpha value is -6.50. The van der Waals surface area contributed by atoms with Gasteiger partial charge in [0.05, 0.1) is 32.3 Å². The standard InChI is InChI=1S/C66H82N4O6S2/c1-9-15-19-49(13-5)45-69(46-50(14-6)20-16-10-2)55-35-41-59(61(43-55)67-77(73,74)57-37-23-47(7)24-38-57)63-65(71)64(66(63)72)60-42-36-56(44-62(60)68-78(75,76)58-39-25-48(8)26-40-58)70(53-31-27-51(28-32-53)21-17-11-3)54-33-29-52(30-34-54)22-18-12-4/h23-44,49-50,68,71H,9-22,45-46H2,1-8H3/b63-59+,67-61+. The first kappa shape index (κ1) is 59.2. The molecule has 0 fully saturated rings. The highest BCUT2D eigenvalue weighted by atomic mass is 32.2. The second-order valence-corrected chi connectivity index (χ2v) is 24.6. The summed E-state index contributed by atoms with van der Waals surface area (Å²) in [6.07, 6.45) is 20.1. The Morgan fingerprint density at radius 1 is 0.577 bits per heavy atom. The monoisotopic (exact) mass is 1090 g/mol. The average molecular weight is 1090 g/mol. The van der Waals surface area contributed by atoms with Gasteiger partial charge < -0.3 is 14.9 Å². The smallest absolute Gasteiger partial charge is 0.282 e. The van der Waals surface area contributed by atoms with E-state index in [1.807, 2.05) is 26.0 Å². The largest absolute Gasteiger partial charge is 0.506 e. The number of anilines is 4. The van der Waals surface area contributed by atoms with Gasteiger partial charge in [-0.05, 0) is 160 Å². The number of aryl methyl sites for hydroxylation is 4. The molecule has 78 heavy (non-hydrogen) atoms. The molecule has 2 aliphatic carbocycles. The van der Waals surface area contributed by atoms with Gasteiger partial charge in [0.15, 0.2) is 0 Å². The van der Waals surface area contributed by atoms with E-state index in [0.717, 1.165) is 131 Å². The molecule has 0 heterocycles. The van der Waals surface area contributed by atoms with Crippen LogP contribution in [0.2, 0.25) is 0 Å². The minimum atomic E-state index is -4.32. The van der Waals surface area contributed by atoms with Gasteiger partial charge in [0, 0.05) is 47.0 Å². The summed E-state index contributed by atoms with van der Waals surface area (Å²) in [6, 6.07) is 35.0. The third-order valence-corrected chi connectivity index (χ3v) is 17.9. The highest BCUT2D eigenvalue weighted by Gasteiger charge is 2.40. The fraction of sp³-hybridized carbons (Fsp3) is 0.394. The summed E-state index contributed by atoms with van der Waals surface area (Å²) in [6.45, 7) is 18.5. The van der Waals surface area contributed by atoms with E-state index in [0.29, 0.717) is 17.5 Å². The molecule has 5 aromatic carbocycles. The molecule has 0 amide bonds. The fourth-order valence-electron chi connectivity index (χ4n) is 10.3. The molecule has 414 valence electrons. The number of nitrogens with zero attached hydrogens (tertiary/aromatic N) is 3. The summed E-state index contributed by atoms with van der Waals surface area (Å²) in [5.74, 6) is -0.158. The van der Waals surface area contributed by atoms with E-state index in [4.69, 9.17) is 0 Å². The summed E-state index contributed by atoms with van der Waals surface area (Å²) < 4.78 is 64.8. The molecule has 2 atom stereocenters. The van der Waals surface area contributed by atoms with Crippen LogP contribution in [0.4, 0.5) is 22.7 Å². The van der Waals surface area contributed by atoms with E-state index in [9.17, 15) is 21.9 Å². The lowest BCUT2D eigenvalue weighted by molar-refractivity contribution is -0.111.